The van der Waals surface area contributed by atoms with Gasteiger partial charge >= 0.3 is 5.97 Å². The largest absolute Gasteiger partial charge is 0.477 e. The molecule has 10 bridgehead atoms. The molecule has 4 atom stereocenters. The summed E-state index contributed by atoms with van der Waals surface area (Å²) in [6, 6.07) is -0.807. The molecule has 12 N–H and O–H groups in total. The van der Waals surface area contributed by atoms with E-state index in [-0.39, 0.29) is 74.6 Å². The maximum Gasteiger partial charge on any atom is 0.351 e. The van der Waals surface area contributed by atoms with E-state index in [1.165, 1.54) is 47.0 Å². The van der Waals surface area contributed by atoms with Crippen molar-refractivity contribution >= 4 is 117 Å². The molecule has 450 valence electrons. The van der Waals surface area contributed by atoms with E-state index in [1.807, 2.05) is 10.6 Å². The zero-order valence-electron chi connectivity index (χ0n) is 45.5. The van der Waals surface area contributed by atoms with E-state index in [1.54, 1.807) is 13.2 Å². The second-order valence-corrected chi connectivity index (χ2v) is 21.5. The van der Waals surface area contributed by atoms with Crippen LogP contribution in [0.2, 0.25) is 0 Å². The molecule has 35 heteroatoms. The van der Waals surface area contributed by atoms with Crippen molar-refractivity contribution in [3.8, 4) is 22.0 Å². The summed E-state index contributed by atoms with van der Waals surface area (Å²) >= 11 is 4.29. The molecule has 7 rings (SSSR count). The standard InChI is InChI=1S/C52H48N16O15S4/c1-19(38(70)56-20(2)41(73)61-25(7)52(80)81)55-39(71)21(3)57-43(75)28-11-10-27-37(63-28)34-12-54-48(83-34)23(5)59-40(72)22(4)58-45(77)31-17-86-50(66-31)24(6)60-44(76)30-16-85-35(62-30)13-53-42(74)29-14-82-49(65-29)33(15-84-9)64-47(79)36(26(8)69)68-46(78)32-18-87-51(27)67-32/h10-12,14,16-18,24,26,33,36,69H,1-5,7,13,15H2,6,8-9H3,(H,53,74)(H,55,71)(H,56,70)(H,57,75)(H,58,77)(H,59,72)(H,60,76)(H,61,73)(H,64,79)(H,68,78)(H,80,81)/t24-,26-,33+,36+/m0/s1. The first kappa shape index (κ1) is 64.0. The fourth-order valence-corrected chi connectivity index (χ4v) is 9.90. The smallest absolute Gasteiger partial charge is 0.351 e. The number of carboxylic acids is 1. The number of amides is 10. The molecule has 0 fully saturated rings. The van der Waals surface area contributed by atoms with E-state index in [9.17, 15) is 57.8 Å². The maximum absolute atomic E-state index is 13.9. The zero-order chi connectivity index (χ0) is 63.6. The van der Waals surface area contributed by atoms with Gasteiger partial charge in [0.2, 0.25) is 17.7 Å². The summed E-state index contributed by atoms with van der Waals surface area (Å²) < 4.78 is 11.6. The number of rotatable bonds is 12. The molecule has 1 aliphatic rings. The number of thiazole rings is 3. The van der Waals surface area contributed by atoms with Crippen molar-refractivity contribution < 1.29 is 71.8 Å². The van der Waals surface area contributed by atoms with Gasteiger partial charge in [-0.1, -0.05) is 39.5 Å². The van der Waals surface area contributed by atoms with Gasteiger partial charge in [-0.3, -0.25) is 47.9 Å². The molecule has 0 saturated heterocycles. The molecular formula is C52H48N16O15S4. The van der Waals surface area contributed by atoms with E-state index < -0.39 is 123 Å². The Morgan fingerprint density at radius 1 is 0.724 bits per heavy atom. The number of nitrogens with zero attached hydrogens (tertiary/aromatic N) is 6. The first-order valence-electron chi connectivity index (χ1n) is 24.6. The van der Waals surface area contributed by atoms with Crippen LogP contribution in [-0.4, -0.2) is 129 Å². The number of thioether (sulfide) groups is 1. The Labute approximate surface area is 506 Å². The highest BCUT2D eigenvalue weighted by molar-refractivity contribution is 7.98. The number of fused-ring (bicyclic) bond motifs is 13. The van der Waals surface area contributed by atoms with Crippen LogP contribution in [0.1, 0.15) is 100 Å². The molecule has 0 aliphatic carbocycles. The fraction of sp³-hybridized carbons (Fsp3) is 0.173. The third kappa shape index (κ3) is 16.0. The van der Waals surface area contributed by atoms with Crippen LogP contribution in [0, 0.1) is 0 Å². The van der Waals surface area contributed by atoms with Crippen molar-refractivity contribution in [2.45, 2.75) is 44.6 Å². The molecule has 10 amide bonds. The van der Waals surface area contributed by atoms with E-state index in [2.05, 4.69) is 112 Å². The molecule has 0 unspecified atom stereocenters. The van der Waals surface area contributed by atoms with Crippen molar-refractivity contribution in [3.05, 3.63) is 159 Å². The van der Waals surface area contributed by atoms with Gasteiger partial charge < -0.3 is 72.2 Å². The summed E-state index contributed by atoms with van der Waals surface area (Å²) in [5.41, 5.74) is -4.50. The van der Waals surface area contributed by atoms with Crippen LogP contribution in [0.4, 0.5) is 0 Å². The van der Waals surface area contributed by atoms with Crippen molar-refractivity contribution in [3.63, 3.8) is 0 Å². The normalized spacial score (nSPS) is 16.4. The van der Waals surface area contributed by atoms with Crippen molar-refractivity contribution in [2.24, 2.45) is 0 Å². The number of hydrogen-bond donors (Lipinski definition) is 12. The maximum atomic E-state index is 13.9. The molecule has 0 aromatic carbocycles. The Kier molecular flexibility index (Phi) is 20.5. The van der Waals surface area contributed by atoms with Crippen molar-refractivity contribution in [1.29, 1.82) is 0 Å². The number of nitrogens with one attached hydrogen (secondary N) is 10. The molecule has 6 aromatic rings. The molecule has 0 spiro atoms. The molecule has 31 nitrogen and oxygen atoms in total. The van der Waals surface area contributed by atoms with Crippen LogP contribution in [0.25, 0.3) is 27.7 Å². The summed E-state index contributed by atoms with van der Waals surface area (Å²) in [5, 5.41) is 48.1. The Morgan fingerprint density at radius 2 is 1.33 bits per heavy atom. The van der Waals surface area contributed by atoms with Crippen LogP contribution in [0.15, 0.2) is 118 Å². The SMILES string of the molecule is C=C(NC(=O)C(=C)NC(=O)C(=C)NC(=O)C(=C)NC(=O)c1ccc2c(n1)-c1cnc(o1)C(=C)NC(=O)C(=C)NC(=O)c1csc(n1)[C@H](C)NC(=O)c1csc(n1)CNC(=O)c1coc(n1)[C@@H](CSC)NC(=O)[C@@H]([C@H](C)O)NC(=O)c1csc-2n1)C(=O)O. The second-order valence-electron chi connectivity index (χ2n) is 17.9. The number of carboxylic acid groups (broad SMARTS) is 1. The minimum absolute atomic E-state index is 0.0253. The third-order valence-corrected chi connectivity index (χ3v) is 14.9. The van der Waals surface area contributed by atoms with E-state index in [0.717, 1.165) is 46.5 Å². The molecule has 6 aromatic heterocycles. The number of aliphatic carboxylic acids is 1. The monoisotopic (exact) mass is 1260 g/mol. The lowest BCUT2D eigenvalue weighted by atomic mass is 10.1. The van der Waals surface area contributed by atoms with Crippen molar-refractivity contribution in [1.82, 2.24) is 83.1 Å². The summed E-state index contributed by atoms with van der Waals surface area (Å²) in [6.45, 7) is 23.6. The third-order valence-electron chi connectivity index (χ3n) is 11.4. The number of aromatic nitrogens is 6. The quantitative estimate of drug-likeness (QED) is 0.0771. The van der Waals surface area contributed by atoms with Crippen molar-refractivity contribution in [2.75, 3.05) is 12.0 Å². The average Bonchev–Trinajstić information content (AvgIpc) is 2.00. The lowest BCUT2D eigenvalue weighted by Gasteiger charge is -2.23. The van der Waals surface area contributed by atoms with Gasteiger partial charge in [-0.05, 0) is 32.2 Å². The van der Waals surface area contributed by atoms with E-state index >= 15 is 0 Å². The average molecular weight is 1270 g/mol. The molecule has 1 aliphatic heterocycles. The van der Waals surface area contributed by atoms with Crippen LogP contribution >= 0.6 is 45.8 Å². The minimum Gasteiger partial charge on any atom is -0.477 e. The lowest BCUT2D eigenvalue weighted by molar-refractivity contribution is -0.134. The molecule has 0 radical (unpaired) electrons. The number of carbonyl (C=O) groups excluding carboxylic acids is 10. The Morgan fingerprint density at radius 3 is 2.00 bits per heavy atom. The summed E-state index contributed by atoms with van der Waals surface area (Å²) in [5.74, 6) is -11.5. The van der Waals surface area contributed by atoms with E-state index in [4.69, 9.17) is 13.9 Å². The van der Waals surface area contributed by atoms with Crippen LogP contribution in [0.3, 0.4) is 0 Å². The van der Waals surface area contributed by atoms with E-state index in [0.29, 0.717) is 10.0 Å². The number of aliphatic hydroxyl groups is 1. The van der Waals surface area contributed by atoms with Crippen LogP contribution in [-0.2, 0) is 35.3 Å². The molecule has 87 heavy (non-hydrogen) atoms. The van der Waals surface area contributed by atoms with Gasteiger partial charge in [-0.2, -0.15) is 11.8 Å². The predicted molar refractivity (Wildman–Crippen MR) is 311 cm³/mol. The summed E-state index contributed by atoms with van der Waals surface area (Å²) in [7, 11) is 0. The highest BCUT2D eigenvalue weighted by Crippen LogP contribution is 2.34. The first-order chi connectivity index (χ1) is 41.2. The number of pyridine rings is 1. The van der Waals surface area contributed by atoms with Gasteiger partial charge in [0.05, 0.1) is 53.4 Å². The van der Waals surface area contributed by atoms with Gasteiger partial charge in [0.25, 0.3) is 53.2 Å². The Balaban J connectivity index is 1.16. The fourth-order valence-electron chi connectivity index (χ4n) is 7.00. The number of oxazole rings is 2. The highest BCUT2D eigenvalue weighted by atomic mass is 32.2. The second kappa shape index (κ2) is 27.8. The van der Waals surface area contributed by atoms with Gasteiger partial charge in [0, 0.05) is 27.5 Å². The van der Waals surface area contributed by atoms with Gasteiger partial charge in [-0.25, -0.2) is 34.7 Å². The molecule has 0 saturated carbocycles. The van der Waals surface area contributed by atoms with Gasteiger partial charge in [-0.15, -0.1) is 34.0 Å². The van der Waals surface area contributed by atoms with Crippen LogP contribution in [0.5, 0.6) is 0 Å². The highest BCUT2D eigenvalue weighted by Gasteiger charge is 2.32. The minimum atomic E-state index is -1.60. The Bertz CT molecular complexity index is 3910. The van der Waals surface area contributed by atoms with Gasteiger partial charge in [0.15, 0.2) is 11.5 Å². The number of aliphatic hydroxyl groups excluding tert-OH is 1. The lowest BCUT2D eigenvalue weighted by Crippen LogP contribution is -2.53. The number of hydrogen-bond acceptors (Lipinski definition) is 24. The summed E-state index contributed by atoms with van der Waals surface area (Å²) in [4.78, 5) is 169. The molecular weight excluding hydrogens is 1220 g/mol. The first-order valence-corrected chi connectivity index (χ1v) is 28.7. The summed E-state index contributed by atoms with van der Waals surface area (Å²) in [6.07, 6.45) is 2.42. The predicted octanol–water partition coefficient (Wildman–Crippen LogP) is 1.44. The Hall–Kier alpha value is -10.6. The van der Waals surface area contributed by atoms with Gasteiger partial charge in [0.1, 0.15) is 67.5 Å². The molecule has 7 heterocycles. The topological polar surface area (TPSA) is 452 Å². The number of carbonyl (C=O) groups is 11. The van der Waals surface area contributed by atoms with Crippen LogP contribution < -0.4 is 53.2 Å². The zero-order valence-corrected chi connectivity index (χ0v) is 48.8.